The molecule has 1 amide bonds. The molecule has 4 nitrogen and oxygen atoms in total. The summed E-state index contributed by atoms with van der Waals surface area (Å²) >= 11 is 3.29. The molecule has 1 aliphatic rings. The molecule has 100 valence electrons. The molecule has 19 heavy (non-hydrogen) atoms. The van der Waals surface area contributed by atoms with Crippen molar-refractivity contribution in [1.82, 2.24) is 5.32 Å². The fourth-order valence-corrected chi connectivity index (χ4v) is 4.08. The van der Waals surface area contributed by atoms with E-state index in [1.54, 1.807) is 0 Å². The number of amides is 1. The predicted octanol–water partition coefficient (Wildman–Crippen LogP) is 1.74. The highest BCUT2D eigenvalue weighted by Gasteiger charge is 2.22. The van der Waals surface area contributed by atoms with E-state index in [1.165, 1.54) is 21.8 Å². The number of thioether (sulfide) groups is 1. The van der Waals surface area contributed by atoms with E-state index in [4.69, 9.17) is 11.5 Å². The molecule has 0 spiro atoms. The Labute approximate surface area is 119 Å². The lowest BCUT2D eigenvalue weighted by molar-refractivity contribution is -0.139. The fraction of sp³-hybridized carbons (Fsp3) is 0.385. The molecule has 2 rings (SSSR count). The SMILES string of the molecule is C#CCC(NC(=O)c1cc2c(s1)CCSC2)C(=O)O. The van der Waals surface area contributed by atoms with Gasteiger partial charge in [0.15, 0.2) is 0 Å². The van der Waals surface area contributed by atoms with Crippen molar-refractivity contribution < 1.29 is 14.7 Å². The monoisotopic (exact) mass is 295 g/mol. The minimum absolute atomic E-state index is 0.0119. The van der Waals surface area contributed by atoms with Crippen molar-refractivity contribution in [3.8, 4) is 12.3 Å². The van der Waals surface area contributed by atoms with Crippen molar-refractivity contribution in [1.29, 1.82) is 0 Å². The van der Waals surface area contributed by atoms with Gasteiger partial charge in [-0.15, -0.1) is 23.7 Å². The molecule has 1 aromatic rings. The van der Waals surface area contributed by atoms with Crippen LogP contribution < -0.4 is 5.32 Å². The summed E-state index contributed by atoms with van der Waals surface area (Å²) in [5.41, 5.74) is 1.19. The van der Waals surface area contributed by atoms with Crippen LogP contribution in [0.3, 0.4) is 0 Å². The van der Waals surface area contributed by atoms with Gasteiger partial charge in [0.25, 0.3) is 5.91 Å². The molecule has 1 unspecified atom stereocenters. The highest BCUT2D eigenvalue weighted by atomic mass is 32.2. The van der Waals surface area contributed by atoms with Crippen LogP contribution in [0.5, 0.6) is 0 Å². The van der Waals surface area contributed by atoms with E-state index in [0.717, 1.165) is 17.9 Å². The molecule has 1 aliphatic heterocycles. The Morgan fingerprint density at radius 2 is 2.37 bits per heavy atom. The van der Waals surface area contributed by atoms with Gasteiger partial charge in [-0.25, -0.2) is 4.79 Å². The number of rotatable bonds is 4. The molecule has 0 fully saturated rings. The number of aliphatic carboxylic acids is 1. The van der Waals surface area contributed by atoms with Gasteiger partial charge in [0.1, 0.15) is 6.04 Å². The molecule has 1 aromatic heterocycles. The Morgan fingerprint density at radius 1 is 1.58 bits per heavy atom. The predicted molar refractivity (Wildman–Crippen MR) is 76.5 cm³/mol. The summed E-state index contributed by atoms with van der Waals surface area (Å²) < 4.78 is 0. The van der Waals surface area contributed by atoms with Crippen LogP contribution in [-0.2, 0) is 17.0 Å². The highest BCUT2D eigenvalue weighted by molar-refractivity contribution is 7.98. The van der Waals surface area contributed by atoms with Gasteiger partial charge in [-0.2, -0.15) is 11.8 Å². The zero-order valence-electron chi connectivity index (χ0n) is 10.1. The average molecular weight is 295 g/mol. The van der Waals surface area contributed by atoms with Crippen LogP contribution in [0.1, 0.15) is 26.5 Å². The van der Waals surface area contributed by atoms with Gasteiger partial charge in [-0.1, -0.05) is 0 Å². The third kappa shape index (κ3) is 3.31. The number of carbonyl (C=O) groups is 2. The van der Waals surface area contributed by atoms with Crippen LogP contribution in [0.4, 0.5) is 0 Å². The minimum atomic E-state index is -1.11. The average Bonchev–Trinajstić information content (AvgIpc) is 2.81. The highest BCUT2D eigenvalue weighted by Crippen LogP contribution is 2.31. The van der Waals surface area contributed by atoms with Crippen molar-refractivity contribution in [2.45, 2.75) is 24.6 Å². The number of carboxylic acids is 1. The maximum atomic E-state index is 12.0. The number of carbonyl (C=O) groups excluding carboxylic acids is 1. The Bertz CT molecular complexity index is 521. The maximum absolute atomic E-state index is 12.0. The van der Waals surface area contributed by atoms with E-state index in [1.807, 2.05) is 17.8 Å². The zero-order chi connectivity index (χ0) is 13.8. The Morgan fingerprint density at radius 3 is 3.00 bits per heavy atom. The molecule has 6 heteroatoms. The number of fused-ring (bicyclic) bond motifs is 1. The molecular formula is C13H13NO3S2. The van der Waals surface area contributed by atoms with Gasteiger partial charge in [-0.3, -0.25) is 4.79 Å². The van der Waals surface area contributed by atoms with E-state index in [-0.39, 0.29) is 12.3 Å². The summed E-state index contributed by atoms with van der Waals surface area (Å²) in [6.07, 6.45) is 6.06. The zero-order valence-corrected chi connectivity index (χ0v) is 11.8. The summed E-state index contributed by atoms with van der Waals surface area (Å²) in [5, 5.41) is 11.4. The molecular weight excluding hydrogens is 282 g/mol. The standard InChI is InChI=1S/C13H13NO3S2/c1-2-3-9(13(16)17)14-12(15)11-6-8-7-18-5-4-10(8)19-11/h1,6,9H,3-5,7H2,(H,14,15)(H,16,17). The molecule has 0 radical (unpaired) electrons. The smallest absolute Gasteiger partial charge is 0.327 e. The Hall–Kier alpha value is -1.45. The lowest BCUT2D eigenvalue weighted by Gasteiger charge is -2.10. The van der Waals surface area contributed by atoms with Gasteiger partial charge in [0, 0.05) is 17.1 Å². The van der Waals surface area contributed by atoms with Crippen LogP contribution >= 0.6 is 23.1 Å². The third-order valence-electron chi connectivity index (χ3n) is 2.78. The van der Waals surface area contributed by atoms with Gasteiger partial charge < -0.3 is 10.4 Å². The quantitative estimate of drug-likeness (QED) is 0.831. The summed E-state index contributed by atoms with van der Waals surface area (Å²) in [4.78, 5) is 24.7. The van der Waals surface area contributed by atoms with Crippen LogP contribution in [0.25, 0.3) is 0 Å². The van der Waals surface area contributed by atoms with Crippen LogP contribution in [-0.4, -0.2) is 28.8 Å². The first-order chi connectivity index (χ1) is 9.11. The minimum Gasteiger partial charge on any atom is -0.480 e. The lowest BCUT2D eigenvalue weighted by Crippen LogP contribution is -2.40. The van der Waals surface area contributed by atoms with E-state index in [2.05, 4.69) is 11.2 Å². The summed E-state index contributed by atoms with van der Waals surface area (Å²) in [6, 6.07) is 0.835. The van der Waals surface area contributed by atoms with Gasteiger partial charge in [-0.05, 0) is 23.8 Å². The summed E-state index contributed by atoms with van der Waals surface area (Å²) in [6.45, 7) is 0. The largest absolute Gasteiger partial charge is 0.480 e. The Balaban J connectivity index is 2.09. The van der Waals surface area contributed by atoms with Crippen molar-refractivity contribution in [3.63, 3.8) is 0 Å². The van der Waals surface area contributed by atoms with Crippen LogP contribution in [0, 0.1) is 12.3 Å². The summed E-state index contributed by atoms with van der Waals surface area (Å²) in [5.74, 6) is 2.79. The van der Waals surface area contributed by atoms with Gasteiger partial charge >= 0.3 is 5.97 Å². The molecule has 2 N–H and O–H groups in total. The molecule has 0 saturated carbocycles. The number of aryl methyl sites for hydroxylation is 1. The topological polar surface area (TPSA) is 66.4 Å². The lowest BCUT2D eigenvalue weighted by atomic mass is 10.2. The normalized spacial score (nSPS) is 15.1. The van der Waals surface area contributed by atoms with Crippen molar-refractivity contribution in [3.05, 3.63) is 21.4 Å². The van der Waals surface area contributed by atoms with Crippen LogP contribution in [0.2, 0.25) is 0 Å². The van der Waals surface area contributed by atoms with E-state index >= 15 is 0 Å². The number of carboxylic acid groups (broad SMARTS) is 1. The van der Waals surface area contributed by atoms with Crippen molar-refractivity contribution in [2.75, 3.05) is 5.75 Å². The van der Waals surface area contributed by atoms with E-state index in [9.17, 15) is 9.59 Å². The number of terminal acetylenes is 1. The molecule has 0 aliphatic carbocycles. The fourth-order valence-electron chi connectivity index (χ4n) is 1.81. The second-order valence-corrected chi connectivity index (χ2v) is 6.38. The third-order valence-corrected chi connectivity index (χ3v) is 5.02. The van der Waals surface area contributed by atoms with E-state index < -0.39 is 12.0 Å². The number of hydrogen-bond acceptors (Lipinski definition) is 4. The number of hydrogen-bond donors (Lipinski definition) is 2. The first-order valence-corrected chi connectivity index (χ1v) is 7.75. The van der Waals surface area contributed by atoms with Crippen molar-refractivity contribution in [2.24, 2.45) is 0 Å². The first-order valence-electron chi connectivity index (χ1n) is 5.78. The van der Waals surface area contributed by atoms with Gasteiger partial charge in [0.2, 0.25) is 0 Å². The first kappa shape index (κ1) is 14.0. The van der Waals surface area contributed by atoms with E-state index in [0.29, 0.717) is 4.88 Å². The molecule has 0 bridgehead atoms. The second kappa shape index (κ2) is 6.13. The summed E-state index contributed by atoms with van der Waals surface area (Å²) in [7, 11) is 0. The Kier molecular flexibility index (Phi) is 4.51. The van der Waals surface area contributed by atoms with Crippen molar-refractivity contribution >= 4 is 35.0 Å². The maximum Gasteiger partial charge on any atom is 0.327 e. The molecule has 2 heterocycles. The molecule has 1 atom stereocenters. The van der Waals surface area contributed by atoms with Crippen LogP contribution in [0.15, 0.2) is 6.07 Å². The number of nitrogens with one attached hydrogen (secondary N) is 1. The second-order valence-electron chi connectivity index (χ2n) is 4.13. The van der Waals surface area contributed by atoms with Gasteiger partial charge in [0.05, 0.1) is 4.88 Å². The molecule has 0 aromatic carbocycles. The molecule has 0 saturated heterocycles. The number of thiophene rings is 1.